The lowest BCUT2D eigenvalue weighted by Crippen LogP contribution is -2.07. The largest absolute Gasteiger partial charge is 0.494 e. The van der Waals surface area contributed by atoms with Gasteiger partial charge in [0, 0.05) is 6.08 Å². The van der Waals surface area contributed by atoms with Gasteiger partial charge in [0.25, 0.3) is 0 Å². The van der Waals surface area contributed by atoms with Gasteiger partial charge in [-0.25, -0.2) is 4.79 Å². The van der Waals surface area contributed by atoms with Gasteiger partial charge in [-0.2, -0.15) is 5.26 Å². The Morgan fingerprint density at radius 3 is 2.30 bits per heavy atom. The molecule has 140 valence electrons. The molecule has 0 heterocycles. The number of esters is 1. The summed E-state index contributed by atoms with van der Waals surface area (Å²) in [6.07, 6.45) is 3.97. The first-order valence-electron chi connectivity index (χ1n) is 9.15. The topological polar surface area (TPSA) is 59.3 Å². The summed E-state index contributed by atoms with van der Waals surface area (Å²) in [7, 11) is 0. The van der Waals surface area contributed by atoms with Gasteiger partial charge in [-0.15, -0.1) is 0 Å². The van der Waals surface area contributed by atoms with E-state index in [1.54, 1.807) is 0 Å². The van der Waals surface area contributed by atoms with Crippen molar-refractivity contribution < 1.29 is 14.3 Å². The molecule has 2 rings (SSSR count). The average Bonchev–Trinajstić information content (AvgIpc) is 2.71. The first kappa shape index (κ1) is 20.3. The molecule has 0 saturated carbocycles. The second kappa shape index (κ2) is 10.8. The fourth-order valence-corrected chi connectivity index (χ4v) is 2.67. The van der Waals surface area contributed by atoms with Crippen LogP contribution in [0.4, 0.5) is 0 Å². The van der Waals surface area contributed by atoms with E-state index >= 15 is 0 Å². The molecule has 0 aliphatic rings. The van der Waals surface area contributed by atoms with Gasteiger partial charge in [-0.3, -0.25) is 0 Å². The summed E-state index contributed by atoms with van der Waals surface area (Å²) in [5.74, 6) is 0.986. The van der Waals surface area contributed by atoms with E-state index in [9.17, 15) is 4.79 Å². The van der Waals surface area contributed by atoms with Gasteiger partial charge in [-0.1, -0.05) is 37.8 Å². The minimum Gasteiger partial charge on any atom is -0.494 e. The summed E-state index contributed by atoms with van der Waals surface area (Å²) in [5, 5.41) is 8.86. The molecule has 2 aromatic carbocycles. The van der Waals surface area contributed by atoms with Crippen molar-refractivity contribution in [3.63, 3.8) is 0 Å². The SMILES string of the molecule is C=CC(=O)OCCCC(C)CCOc1ccc(-c2ccc(C#N)cc2)cc1. The highest BCUT2D eigenvalue weighted by Crippen LogP contribution is 2.23. The maximum atomic E-state index is 11.0. The smallest absolute Gasteiger partial charge is 0.330 e. The van der Waals surface area contributed by atoms with E-state index in [-0.39, 0.29) is 5.97 Å². The Balaban J connectivity index is 1.71. The van der Waals surface area contributed by atoms with Crippen LogP contribution in [0, 0.1) is 17.2 Å². The highest BCUT2D eigenvalue weighted by molar-refractivity contribution is 5.81. The third kappa shape index (κ3) is 6.99. The number of nitrogens with zero attached hydrogens (tertiary/aromatic N) is 1. The van der Waals surface area contributed by atoms with Crippen LogP contribution < -0.4 is 4.74 Å². The van der Waals surface area contributed by atoms with E-state index in [0.29, 0.717) is 24.7 Å². The molecule has 4 heteroatoms. The molecule has 0 bridgehead atoms. The van der Waals surface area contributed by atoms with Crippen LogP contribution in [-0.4, -0.2) is 19.2 Å². The first-order chi connectivity index (χ1) is 13.1. The van der Waals surface area contributed by atoms with Crippen molar-refractivity contribution in [2.24, 2.45) is 5.92 Å². The zero-order valence-corrected chi connectivity index (χ0v) is 15.7. The summed E-state index contributed by atoms with van der Waals surface area (Å²) in [6, 6.07) is 17.6. The summed E-state index contributed by atoms with van der Waals surface area (Å²) in [6.45, 7) is 6.64. The van der Waals surface area contributed by atoms with Crippen LogP contribution in [0.1, 0.15) is 31.7 Å². The lowest BCUT2D eigenvalue weighted by atomic mass is 10.0. The summed E-state index contributed by atoms with van der Waals surface area (Å²) < 4.78 is 10.8. The van der Waals surface area contributed by atoms with E-state index < -0.39 is 0 Å². The zero-order chi connectivity index (χ0) is 19.5. The van der Waals surface area contributed by atoms with Crippen LogP contribution in [0.15, 0.2) is 61.2 Å². The minimum atomic E-state index is -0.365. The predicted molar refractivity (Wildman–Crippen MR) is 106 cm³/mol. The molecule has 0 fully saturated rings. The Kier molecular flexibility index (Phi) is 8.12. The molecule has 4 nitrogen and oxygen atoms in total. The van der Waals surface area contributed by atoms with E-state index in [2.05, 4.69) is 19.6 Å². The molecule has 0 saturated heterocycles. The normalized spacial score (nSPS) is 11.3. The van der Waals surface area contributed by atoms with Crippen LogP contribution in [0.25, 0.3) is 11.1 Å². The van der Waals surface area contributed by atoms with Gasteiger partial charge >= 0.3 is 5.97 Å². The molecule has 0 spiro atoms. The van der Waals surface area contributed by atoms with Crippen molar-refractivity contribution >= 4 is 5.97 Å². The molecule has 0 aliphatic heterocycles. The van der Waals surface area contributed by atoms with Crippen molar-refractivity contribution in [1.29, 1.82) is 5.26 Å². The number of carbonyl (C=O) groups is 1. The number of hydrogen-bond donors (Lipinski definition) is 0. The number of rotatable bonds is 10. The zero-order valence-electron chi connectivity index (χ0n) is 15.7. The number of carbonyl (C=O) groups excluding carboxylic acids is 1. The van der Waals surface area contributed by atoms with Gasteiger partial charge in [0.15, 0.2) is 0 Å². The standard InChI is InChI=1S/C23H25NO3/c1-3-23(25)27-15-4-5-18(2)14-16-26-22-12-10-21(11-13-22)20-8-6-19(17-24)7-9-20/h3,6-13,18H,1,4-5,14-16H2,2H3. The maximum absolute atomic E-state index is 11.0. The first-order valence-corrected chi connectivity index (χ1v) is 9.15. The van der Waals surface area contributed by atoms with Crippen LogP contribution in [0.2, 0.25) is 0 Å². The van der Waals surface area contributed by atoms with E-state index in [1.807, 2.05) is 48.5 Å². The summed E-state index contributed by atoms with van der Waals surface area (Å²) in [5.41, 5.74) is 2.83. The molecule has 1 unspecified atom stereocenters. The highest BCUT2D eigenvalue weighted by Gasteiger charge is 2.05. The third-order valence-corrected chi connectivity index (χ3v) is 4.33. The minimum absolute atomic E-state index is 0.365. The van der Waals surface area contributed by atoms with Crippen LogP contribution in [-0.2, 0) is 9.53 Å². The number of ether oxygens (including phenoxy) is 2. The Hall–Kier alpha value is -3.06. The molecule has 27 heavy (non-hydrogen) atoms. The Labute approximate surface area is 161 Å². The second-order valence-electron chi connectivity index (χ2n) is 6.47. The molecule has 0 aliphatic carbocycles. The molecular weight excluding hydrogens is 338 g/mol. The van der Waals surface area contributed by atoms with E-state index in [0.717, 1.165) is 36.1 Å². The van der Waals surface area contributed by atoms with Crippen molar-refractivity contribution in [2.75, 3.05) is 13.2 Å². The van der Waals surface area contributed by atoms with Gasteiger partial charge in [0.05, 0.1) is 24.8 Å². The maximum Gasteiger partial charge on any atom is 0.330 e. The quantitative estimate of drug-likeness (QED) is 0.333. The van der Waals surface area contributed by atoms with Crippen molar-refractivity contribution in [1.82, 2.24) is 0 Å². The molecule has 0 amide bonds. The molecule has 1 atom stereocenters. The molecular formula is C23H25NO3. The predicted octanol–water partition coefficient (Wildman–Crippen LogP) is 5.14. The molecule has 0 aromatic heterocycles. The molecule has 2 aromatic rings. The fraction of sp³-hybridized carbons (Fsp3) is 0.304. The van der Waals surface area contributed by atoms with Crippen LogP contribution >= 0.6 is 0 Å². The molecule has 0 N–H and O–H groups in total. The highest BCUT2D eigenvalue weighted by atomic mass is 16.5. The van der Waals surface area contributed by atoms with Gasteiger partial charge < -0.3 is 9.47 Å². The van der Waals surface area contributed by atoms with E-state index in [1.165, 1.54) is 6.08 Å². The Morgan fingerprint density at radius 1 is 1.07 bits per heavy atom. The van der Waals surface area contributed by atoms with E-state index in [4.69, 9.17) is 14.7 Å². The van der Waals surface area contributed by atoms with Crippen molar-refractivity contribution in [3.8, 4) is 22.9 Å². The monoisotopic (exact) mass is 363 g/mol. The summed E-state index contributed by atoms with van der Waals surface area (Å²) >= 11 is 0. The lowest BCUT2D eigenvalue weighted by Gasteiger charge is -2.12. The fourth-order valence-electron chi connectivity index (χ4n) is 2.67. The number of benzene rings is 2. The van der Waals surface area contributed by atoms with Crippen molar-refractivity contribution in [3.05, 3.63) is 66.7 Å². The second-order valence-corrected chi connectivity index (χ2v) is 6.47. The van der Waals surface area contributed by atoms with Gasteiger partial charge in [0.2, 0.25) is 0 Å². The Bertz CT molecular complexity index is 773. The summed E-state index contributed by atoms with van der Waals surface area (Å²) in [4.78, 5) is 11.0. The van der Waals surface area contributed by atoms with Crippen LogP contribution in [0.5, 0.6) is 5.75 Å². The average molecular weight is 363 g/mol. The number of hydrogen-bond acceptors (Lipinski definition) is 4. The van der Waals surface area contributed by atoms with Crippen molar-refractivity contribution in [2.45, 2.75) is 26.2 Å². The van der Waals surface area contributed by atoms with Gasteiger partial charge in [0.1, 0.15) is 5.75 Å². The third-order valence-electron chi connectivity index (χ3n) is 4.33. The van der Waals surface area contributed by atoms with Gasteiger partial charge in [-0.05, 0) is 60.6 Å². The molecule has 0 radical (unpaired) electrons. The lowest BCUT2D eigenvalue weighted by molar-refractivity contribution is -0.137. The Morgan fingerprint density at radius 2 is 1.70 bits per heavy atom. The number of nitriles is 1. The van der Waals surface area contributed by atoms with Crippen LogP contribution in [0.3, 0.4) is 0 Å².